The van der Waals surface area contributed by atoms with Crippen LogP contribution in [0.5, 0.6) is 0 Å². The Labute approximate surface area is 121 Å². The lowest BCUT2D eigenvalue weighted by Gasteiger charge is -1.99. The SMILES string of the molecule is C/C=C(C)\C=C/C(C)CC.CC1=CC(C)CCCC1. The van der Waals surface area contributed by atoms with Crippen LogP contribution in [0.4, 0.5) is 0 Å². The lowest BCUT2D eigenvalue weighted by Crippen LogP contribution is -1.85. The summed E-state index contributed by atoms with van der Waals surface area (Å²) in [5, 5.41) is 0. The second-order valence-corrected chi connectivity index (χ2v) is 6.01. The zero-order valence-electron chi connectivity index (χ0n) is 14.0. The number of hydrogen-bond acceptors (Lipinski definition) is 0. The first-order valence-corrected chi connectivity index (χ1v) is 7.98. The summed E-state index contributed by atoms with van der Waals surface area (Å²) >= 11 is 0. The van der Waals surface area contributed by atoms with Gasteiger partial charge in [-0.2, -0.15) is 0 Å². The number of allylic oxidation sites excluding steroid dienone is 6. The summed E-state index contributed by atoms with van der Waals surface area (Å²) in [5.74, 6) is 1.56. The highest BCUT2D eigenvalue weighted by atomic mass is 14.1. The van der Waals surface area contributed by atoms with E-state index in [4.69, 9.17) is 0 Å². The predicted molar refractivity (Wildman–Crippen MR) is 89.4 cm³/mol. The maximum absolute atomic E-state index is 2.42. The van der Waals surface area contributed by atoms with Gasteiger partial charge in [-0.25, -0.2) is 0 Å². The molecule has 1 aliphatic carbocycles. The molecule has 2 unspecified atom stereocenters. The Hall–Kier alpha value is -0.780. The molecule has 1 rings (SSSR count). The minimum Gasteiger partial charge on any atom is -0.0847 e. The van der Waals surface area contributed by atoms with Crippen LogP contribution >= 0.6 is 0 Å². The van der Waals surface area contributed by atoms with Crippen LogP contribution in [0.1, 0.15) is 73.6 Å². The van der Waals surface area contributed by atoms with Gasteiger partial charge in [-0.1, -0.05) is 69.1 Å². The first kappa shape index (κ1) is 18.2. The third kappa shape index (κ3) is 10.8. The van der Waals surface area contributed by atoms with Gasteiger partial charge in [0, 0.05) is 0 Å². The third-order valence-electron chi connectivity index (χ3n) is 3.84. The summed E-state index contributed by atoms with van der Waals surface area (Å²) in [6.45, 7) is 13.2. The molecule has 0 radical (unpaired) electrons. The highest BCUT2D eigenvalue weighted by molar-refractivity contribution is 5.15. The molecule has 0 nitrogen and oxygen atoms in total. The van der Waals surface area contributed by atoms with Gasteiger partial charge in [0.05, 0.1) is 0 Å². The fourth-order valence-corrected chi connectivity index (χ4v) is 2.07. The smallest absolute Gasteiger partial charge is 0.0259 e. The molecule has 0 aromatic heterocycles. The van der Waals surface area contributed by atoms with Gasteiger partial charge >= 0.3 is 0 Å². The van der Waals surface area contributed by atoms with E-state index in [-0.39, 0.29) is 0 Å². The Morgan fingerprint density at radius 3 is 2.68 bits per heavy atom. The molecule has 19 heavy (non-hydrogen) atoms. The van der Waals surface area contributed by atoms with E-state index in [9.17, 15) is 0 Å². The monoisotopic (exact) mass is 262 g/mol. The van der Waals surface area contributed by atoms with Crippen molar-refractivity contribution in [3.63, 3.8) is 0 Å². The van der Waals surface area contributed by atoms with Crippen LogP contribution in [0.15, 0.2) is 35.5 Å². The van der Waals surface area contributed by atoms with Crippen LogP contribution in [0, 0.1) is 11.8 Å². The lowest BCUT2D eigenvalue weighted by molar-refractivity contribution is 0.604. The van der Waals surface area contributed by atoms with Crippen molar-refractivity contribution >= 4 is 0 Å². The molecule has 0 fully saturated rings. The summed E-state index contributed by atoms with van der Waals surface area (Å²) in [4.78, 5) is 0. The minimum absolute atomic E-state index is 0.717. The van der Waals surface area contributed by atoms with Crippen molar-refractivity contribution in [1.82, 2.24) is 0 Å². The van der Waals surface area contributed by atoms with E-state index in [1.165, 1.54) is 37.7 Å². The van der Waals surface area contributed by atoms with Gasteiger partial charge in [-0.15, -0.1) is 0 Å². The van der Waals surface area contributed by atoms with E-state index >= 15 is 0 Å². The largest absolute Gasteiger partial charge is 0.0847 e. The van der Waals surface area contributed by atoms with Crippen molar-refractivity contribution in [2.75, 3.05) is 0 Å². The van der Waals surface area contributed by atoms with Crippen LogP contribution in [0.3, 0.4) is 0 Å². The van der Waals surface area contributed by atoms with Gasteiger partial charge in [0.25, 0.3) is 0 Å². The molecule has 0 saturated heterocycles. The molecule has 0 aromatic carbocycles. The summed E-state index contributed by atoms with van der Waals surface area (Å²) < 4.78 is 0. The highest BCUT2D eigenvalue weighted by Crippen LogP contribution is 2.20. The summed E-state index contributed by atoms with van der Waals surface area (Å²) in [5.41, 5.74) is 2.94. The fraction of sp³-hybridized carbons (Fsp3) is 0.684. The Balaban J connectivity index is 0.000000342. The topological polar surface area (TPSA) is 0 Å². The second-order valence-electron chi connectivity index (χ2n) is 6.01. The number of rotatable bonds is 3. The molecule has 0 heterocycles. The minimum atomic E-state index is 0.717. The van der Waals surface area contributed by atoms with E-state index in [2.05, 4.69) is 65.8 Å². The van der Waals surface area contributed by atoms with Crippen molar-refractivity contribution in [1.29, 1.82) is 0 Å². The van der Waals surface area contributed by atoms with E-state index in [0.29, 0.717) is 0 Å². The molecule has 0 aromatic rings. The van der Waals surface area contributed by atoms with E-state index in [1.54, 1.807) is 5.57 Å². The van der Waals surface area contributed by atoms with E-state index < -0.39 is 0 Å². The van der Waals surface area contributed by atoms with Crippen LogP contribution in [0.2, 0.25) is 0 Å². The van der Waals surface area contributed by atoms with Gasteiger partial charge in [0.15, 0.2) is 0 Å². The summed E-state index contributed by atoms with van der Waals surface area (Å²) in [7, 11) is 0. The molecule has 0 N–H and O–H groups in total. The zero-order chi connectivity index (χ0) is 14.7. The summed E-state index contributed by atoms with van der Waals surface area (Å²) in [6, 6.07) is 0. The van der Waals surface area contributed by atoms with Crippen LogP contribution in [-0.4, -0.2) is 0 Å². The molecule has 0 saturated carbocycles. The molecule has 0 aliphatic heterocycles. The molecule has 0 amide bonds. The van der Waals surface area contributed by atoms with E-state index in [1.807, 2.05) is 0 Å². The Morgan fingerprint density at radius 2 is 2.11 bits per heavy atom. The van der Waals surface area contributed by atoms with Crippen molar-refractivity contribution in [3.05, 3.63) is 35.5 Å². The highest BCUT2D eigenvalue weighted by Gasteiger charge is 2.03. The van der Waals surface area contributed by atoms with Gasteiger partial charge in [0.1, 0.15) is 0 Å². The zero-order valence-corrected chi connectivity index (χ0v) is 14.0. The van der Waals surface area contributed by atoms with Crippen molar-refractivity contribution in [2.45, 2.75) is 73.6 Å². The van der Waals surface area contributed by atoms with Crippen molar-refractivity contribution < 1.29 is 0 Å². The maximum Gasteiger partial charge on any atom is -0.0259 e. The molecule has 0 heteroatoms. The first-order valence-electron chi connectivity index (χ1n) is 7.98. The standard InChI is InChI=1S/C10H18.C9H16/c1-5-9(3)7-8-10(4)6-2;1-8-5-3-4-6-9(2)7-8/h5,7-8,10H,6H2,1-4H3;7-8H,3-6H2,1-2H3/b8-7-,9-5-;. The lowest BCUT2D eigenvalue weighted by atomic mass is 10.1. The average Bonchev–Trinajstić information content (AvgIpc) is 2.59. The van der Waals surface area contributed by atoms with Crippen molar-refractivity contribution in [3.8, 4) is 0 Å². The fourth-order valence-electron chi connectivity index (χ4n) is 2.07. The molecule has 110 valence electrons. The van der Waals surface area contributed by atoms with Gasteiger partial charge in [-0.05, 0) is 51.9 Å². The maximum atomic E-state index is 2.42. The molecule has 1 aliphatic rings. The van der Waals surface area contributed by atoms with Gasteiger partial charge in [0.2, 0.25) is 0 Å². The molecule has 2 atom stereocenters. The van der Waals surface area contributed by atoms with Gasteiger partial charge < -0.3 is 0 Å². The quantitative estimate of drug-likeness (QED) is 0.392. The first-order chi connectivity index (χ1) is 8.99. The molecule has 0 spiro atoms. The average molecular weight is 262 g/mol. The molecule has 0 bridgehead atoms. The summed E-state index contributed by atoms with van der Waals surface area (Å²) in [6.07, 6.45) is 15.8. The van der Waals surface area contributed by atoms with Crippen molar-refractivity contribution in [2.24, 2.45) is 11.8 Å². The Kier molecular flexibility index (Phi) is 10.6. The van der Waals surface area contributed by atoms with Crippen LogP contribution < -0.4 is 0 Å². The third-order valence-corrected chi connectivity index (χ3v) is 3.84. The van der Waals surface area contributed by atoms with Gasteiger partial charge in [-0.3, -0.25) is 0 Å². The molecular formula is C19H34. The number of hydrogen-bond donors (Lipinski definition) is 0. The normalized spacial score (nSPS) is 22.3. The Morgan fingerprint density at radius 1 is 1.42 bits per heavy atom. The second kappa shape index (κ2) is 11.1. The van der Waals surface area contributed by atoms with Crippen LogP contribution in [-0.2, 0) is 0 Å². The van der Waals surface area contributed by atoms with E-state index in [0.717, 1.165) is 11.8 Å². The van der Waals surface area contributed by atoms with Crippen LogP contribution in [0.25, 0.3) is 0 Å². The molecular weight excluding hydrogens is 228 g/mol. The predicted octanol–water partition coefficient (Wildman–Crippen LogP) is 6.70. The Bertz CT molecular complexity index is 304.